The van der Waals surface area contributed by atoms with Gasteiger partial charge in [0.2, 0.25) is 0 Å². The number of benzene rings is 2. The van der Waals surface area contributed by atoms with E-state index in [1.54, 1.807) is 13.0 Å². The van der Waals surface area contributed by atoms with Gasteiger partial charge in [-0.25, -0.2) is 0 Å². The van der Waals surface area contributed by atoms with Gasteiger partial charge in [-0.05, 0) is 42.7 Å². The molecule has 0 radical (unpaired) electrons. The van der Waals surface area contributed by atoms with Crippen molar-refractivity contribution in [3.8, 4) is 5.75 Å². The molecule has 1 N–H and O–H groups in total. The summed E-state index contributed by atoms with van der Waals surface area (Å²) in [6.45, 7) is 1.66. The molecule has 0 aromatic heterocycles. The van der Waals surface area contributed by atoms with E-state index in [1.807, 2.05) is 30.3 Å². The molecule has 6 heteroatoms. The fraction of sp³-hybridized carbons (Fsp3) is 0.250. The number of nitrogens with one attached hydrogen (secondary N) is 1. The van der Waals surface area contributed by atoms with Crippen LogP contribution in [-0.2, 0) is 11.0 Å². The first kappa shape index (κ1) is 19.6. The van der Waals surface area contributed by atoms with Gasteiger partial charge in [-0.1, -0.05) is 36.4 Å². The van der Waals surface area contributed by atoms with Crippen LogP contribution in [0, 0.1) is 0 Å². The van der Waals surface area contributed by atoms with Gasteiger partial charge in [-0.15, -0.1) is 0 Å². The second-order valence-corrected chi connectivity index (χ2v) is 5.82. The Morgan fingerprint density at radius 3 is 2.46 bits per heavy atom. The van der Waals surface area contributed by atoms with E-state index in [-0.39, 0.29) is 11.4 Å². The van der Waals surface area contributed by atoms with E-state index in [0.717, 1.165) is 17.9 Å². The molecule has 0 saturated carbocycles. The number of hydrogen-bond donors (Lipinski definition) is 1. The summed E-state index contributed by atoms with van der Waals surface area (Å²) in [5.41, 5.74) is 0.517. The maximum Gasteiger partial charge on any atom is 0.418 e. The van der Waals surface area contributed by atoms with E-state index in [2.05, 4.69) is 5.32 Å². The third-order valence-electron chi connectivity index (χ3n) is 3.93. The summed E-state index contributed by atoms with van der Waals surface area (Å²) < 4.78 is 45.2. The number of allylic oxidation sites excluding steroid dienone is 1. The minimum atomic E-state index is -4.52. The van der Waals surface area contributed by atoms with Crippen molar-refractivity contribution in [1.29, 1.82) is 0 Å². The van der Waals surface area contributed by atoms with E-state index in [4.69, 9.17) is 4.74 Å². The Morgan fingerprint density at radius 2 is 1.88 bits per heavy atom. The van der Waals surface area contributed by atoms with Crippen LogP contribution in [0.1, 0.15) is 30.5 Å². The summed E-state index contributed by atoms with van der Waals surface area (Å²) in [6.07, 6.45) is -1.73. The molecule has 2 aromatic carbocycles. The summed E-state index contributed by atoms with van der Waals surface area (Å²) in [7, 11) is 1.32. The van der Waals surface area contributed by atoms with Gasteiger partial charge < -0.3 is 10.1 Å². The summed E-state index contributed by atoms with van der Waals surface area (Å²) in [5, 5.41) is 2.97. The monoisotopic (exact) mass is 363 g/mol. The summed E-state index contributed by atoms with van der Waals surface area (Å²) in [6, 6.07) is 12.5. The number of carbonyl (C=O) groups excluding carboxylic acids is 1. The SMILES string of the molecule is COc1ccc(NC(C/C=C(\C)C=O)c2ccccc2)c(C(F)(F)F)c1. The lowest BCUT2D eigenvalue weighted by molar-refractivity contribution is -0.137. The zero-order chi connectivity index (χ0) is 19.2. The lowest BCUT2D eigenvalue weighted by Gasteiger charge is -2.22. The average Bonchev–Trinajstić information content (AvgIpc) is 2.64. The number of rotatable bonds is 7. The number of ether oxygens (including phenoxy) is 1. The van der Waals surface area contributed by atoms with Crippen LogP contribution in [0.15, 0.2) is 60.2 Å². The van der Waals surface area contributed by atoms with Gasteiger partial charge in [0, 0.05) is 5.69 Å². The molecule has 0 heterocycles. The molecule has 0 spiro atoms. The van der Waals surface area contributed by atoms with Crippen molar-refractivity contribution in [3.05, 3.63) is 71.3 Å². The zero-order valence-corrected chi connectivity index (χ0v) is 14.5. The third kappa shape index (κ3) is 5.12. The Labute approximate surface area is 150 Å². The quantitative estimate of drug-likeness (QED) is 0.529. The minimum absolute atomic E-state index is 0.0377. The van der Waals surface area contributed by atoms with Crippen LogP contribution >= 0.6 is 0 Å². The van der Waals surface area contributed by atoms with Gasteiger partial charge in [0.15, 0.2) is 0 Å². The van der Waals surface area contributed by atoms with Crippen molar-refractivity contribution >= 4 is 12.0 Å². The number of alkyl halides is 3. The Hall–Kier alpha value is -2.76. The molecule has 2 rings (SSSR count). The van der Waals surface area contributed by atoms with Gasteiger partial charge in [0.1, 0.15) is 12.0 Å². The summed E-state index contributed by atoms with van der Waals surface area (Å²) >= 11 is 0. The number of carbonyl (C=O) groups is 1. The zero-order valence-electron chi connectivity index (χ0n) is 14.5. The van der Waals surface area contributed by atoms with Crippen LogP contribution < -0.4 is 10.1 Å². The Balaban J connectivity index is 2.40. The topological polar surface area (TPSA) is 38.3 Å². The molecule has 2 aromatic rings. The van der Waals surface area contributed by atoms with E-state index >= 15 is 0 Å². The second-order valence-electron chi connectivity index (χ2n) is 5.82. The standard InChI is InChI=1S/C20H20F3NO2/c1-14(13-25)8-10-18(15-6-4-3-5-7-15)24-19-11-9-16(26-2)12-17(19)20(21,22)23/h3-9,11-13,18,24H,10H2,1-2H3/b14-8+. The smallest absolute Gasteiger partial charge is 0.418 e. The lowest BCUT2D eigenvalue weighted by Crippen LogP contribution is -2.15. The first-order chi connectivity index (χ1) is 12.3. The molecule has 3 nitrogen and oxygen atoms in total. The summed E-state index contributed by atoms with van der Waals surface area (Å²) in [5.74, 6) is 0.135. The molecular formula is C20H20F3NO2. The molecule has 138 valence electrons. The van der Waals surface area contributed by atoms with Gasteiger partial charge in [-0.3, -0.25) is 4.79 Å². The van der Waals surface area contributed by atoms with Crippen LogP contribution in [0.3, 0.4) is 0 Å². The molecule has 1 atom stereocenters. The molecule has 0 aliphatic carbocycles. The summed E-state index contributed by atoms with van der Waals surface area (Å²) in [4.78, 5) is 10.8. The Kier molecular flexibility index (Phi) is 6.44. The van der Waals surface area contributed by atoms with Crippen molar-refractivity contribution in [2.75, 3.05) is 12.4 Å². The molecule has 0 bridgehead atoms. The van der Waals surface area contributed by atoms with Crippen LogP contribution in [0.5, 0.6) is 5.75 Å². The van der Waals surface area contributed by atoms with Crippen molar-refractivity contribution in [3.63, 3.8) is 0 Å². The van der Waals surface area contributed by atoms with Crippen LogP contribution in [0.4, 0.5) is 18.9 Å². The van der Waals surface area contributed by atoms with Crippen molar-refractivity contribution in [2.45, 2.75) is 25.6 Å². The lowest BCUT2D eigenvalue weighted by atomic mass is 10.0. The van der Waals surface area contributed by atoms with Crippen molar-refractivity contribution < 1.29 is 22.7 Å². The minimum Gasteiger partial charge on any atom is -0.497 e. The number of methoxy groups -OCH3 is 1. The number of aldehydes is 1. The van der Waals surface area contributed by atoms with Gasteiger partial charge in [-0.2, -0.15) is 13.2 Å². The molecule has 0 saturated heterocycles. The van der Waals surface area contributed by atoms with E-state index in [9.17, 15) is 18.0 Å². The number of halogens is 3. The molecule has 26 heavy (non-hydrogen) atoms. The second kappa shape index (κ2) is 8.56. The number of hydrogen-bond acceptors (Lipinski definition) is 3. The van der Waals surface area contributed by atoms with Crippen molar-refractivity contribution in [2.24, 2.45) is 0 Å². The van der Waals surface area contributed by atoms with Crippen LogP contribution in [0.25, 0.3) is 0 Å². The predicted octanol–water partition coefficient (Wildman–Crippen LogP) is 5.40. The highest BCUT2D eigenvalue weighted by Crippen LogP contribution is 2.38. The number of anilines is 1. The maximum absolute atomic E-state index is 13.4. The molecule has 0 fully saturated rings. The Bertz CT molecular complexity index is 770. The first-order valence-electron chi connectivity index (χ1n) is 8.03. The molecule has 0 aliphatic heterocycles. The predicted molar refractivity (Wildman–Crippen MR) is 95.2 cm³/mol. The molecular weight excluding hydrogens is 343 g/mol. The average molecular weight is 363 g/mol. The molecule has 0 amide bonds. The van der Waals surface area contributed by atoms with E-state index in [0.29, 0.717) is 12.0 Å². The van der Waals surface area contributed by atoms with E-state index in [1.165, 1.54) is 19.2 Å². The van der Waals surface area contributed by atoms with Gasteiger partial charge in [0.05, 0.1) is 18.7 Å². The van der Waals surface area contributed by atoms with Crippen LogP contribution in [-0.4, -0.2) is 13.4 Å². The van der Waals surface area contributed by atoms with E-state index < -0.39 is 17.8 Å². The molecule has 0 aliphatic rings. The van der Waals surface area contributed by atoms with Crippen molar-refractivity contribution in [1.82, 2.24) is 0 Å². The third-order valence-corrected chi connectivity index (χ3v) is 3.93. The van der Waals surface area contributed by atoms with Gasteiger partial charge in [0.25, 0.3) is 0 Å². The fourth-order valence-corrected chi connectivity index (χ4v) is 2.51. The Morgan fingerprint density at radius 1 is 1.19 bits per heavy atom. The normalized spacial score (nSPS) is 13.2. The highest BCUT2D eigenvalue weighted by atomic mass is 19.4. The highest BCUT2D eigenvalue weighted by Gasteiger charge is 2.34. The van der Waals surface area contributed by atoms with Gasteiger partial charge >= 0.3 is 6.18 Å². The van der Waals surface area contributed by atoms with Crippen LogP contribution in [0.2, 0.25) is 0 Å². The highest BCUT2D eigenvalue weighted by molar-refractivity contribution is 5.72. The fourth-order valence-electron chi connectivity index (χ4n) is 2.51. The largest absolute Gasteiger partial charge is 0.497 e. The first-order valence-corrected chi connectivity index (χ1v) is 8.03. The molecule has 1 unspecified atom stereocenters. The maximum atomic E-state index is 13.4.